The molecule has 0 saturated carbocycles. The molecule has 1 aromatic carbocycles. The van der Waals surface area contributed by atoms with Gasteiger partial charge in [-0.1, -0.05) is 0 Å². The van der Waals surface area contributed by atoms with Crippen molar-refractivity contribution in [2.45, 2.75) is 6.92 Å². The Hall–Kier alpha value is -2.29. The molecule has 0 amide bonds. The molecule has 3 N–H and O–H groups in total. The number of fused-ring (bicyclic) bond motifs is 1. The van der Waals surface area contributed by atoms with E-state index in [1.165, 1.54) is 5.56 Å². The summed E-state index contributed by atoms with van der Waals surface area (Å²) in [5, 5.41) is 0. The Labute approximate surface area is 99.5 Å². The second kappa shape index (κ2) is 3.63. The number of benzene rings is 1. The van der Waals surface area contributed by atoms with Gasteiger partial charge in [0.25, 0.3) is 5.65 Å². The summed E-state index contributed by atoms with van der Waals surface area (Å²) in [5.74, 6) is 0. The van der Waals surface area contributed by atoms with Crippen LogP contribution in [0.15, 0.2) is 48.8 Å². The van der Waals surface area contributed by atoms with Crippen LogP contribution in [-0.2, 0) is 0 Å². The van der Waals surface area contributed by atoms with E-state index in [1.807, 2.05) is 24.3 Å². The SMILES string of the molecule is Cc1ccc2[nH]c(-c3ccc(N)cc3)c[n+]2c1. The Morgan fingerprint density at radius 3 is 2.53 bits per heavy atom. The molecule has 0 unspecified atom stereocenters. The highest BCUT2D eigenvalue weighted by atomic mass is 15.0. The Morgan fingerprint density at radius 2 is 1.76 bits per heavy atom. The maximum atomic E-state index is 5.68. The average Bonchev–Trinajstić information content (AvgIpc) is 2.72. The zero-order valence-electron chi connectivity index (χ0n) is 9.64. The van der Waals surface area contributed by atoms with Crippen LogP contribution in [0.2, 0.25) is 0 Å². The first-order chi connectivity index (χ1) is 8.22. The molecule has 17 heavy (non-hydrogen) atoms. The highest BCUT2D eigenvalue weighted by Crippen LogP contribution is 2.18. The highest BCUT2D eigenvalue weighted by molar-refractivity contribution is 5.62. The third-order valence-electron chi connectivity index (χ3n) is 2.88. The van der Waals surface area contributed by atoms with Gasteiger partial charge in [0.15, 0.2) is 5.69 Å². The number of anilines is 1. The van der Waals surface area contributed by atoms with Crippen LogP contribution in [0.5, 0.6) is 0 Å². The fourth-order valence-electron chi connectivity index (χ4n) is 1.96. The van der Waals surface area contributed by atoms with Crippen molar-refractivity contribution < 1.29 is 4.40 Å². The van der Waals surface area contributed by atoms with Gasteiger partial charge < -0.3 is 5.73 Å². The summed E-state index contributed by atoms with van der Waals surface area (Å²) >= 11 is 0. The lowest BCUT2D eigenvalue weighted by atomic mass is 10.1. The molecule has 84 valence electrons. The Kier molecular flexibility index (Phi) is 2.11. The molecule has 0 atom stereocenters. The topological polar surface area (TPSA) is 45.9 Å². The molecule has 0 fully saturated rings. The Bertz CT molecular complexity index is 666. The van der Waals surface area contributed by atoms with Gasteiger partial charge in [-0.2, -0.15) is 0 Å². The molecule has 0 aliphatic carbocycles. The zero-order valence-corrected chi connectivity index (χ0v) is 9.64. The van der Waals surface area contributed by atoms with Gasteiger partial charge in [0, 0.05) is 17.3 Å². The van der Waals surface area contributed by atoms with E-state index in [4.69, 9.17) is 5.73 Å². The number of rotatable bonds is 1. The van der Waals surface area contributed by atoms with Crippen molar-refractivity contribution in [3.63, 3.8) is 0 Å². The quantitative estimate of drug-likeness (QED) is 0.483. The number of nitrogens with one attached hydrogen (secondary N) is 1. The van der Waals surface area contributed by atoms with E-state index in [1.54, 1.807) is 0 Å². The summed E-state index contributed by atoms with van der Waals surface area (Å²) in [7, 11) is 0. The molecular formula is C14H14N3+. The summed E-state index contributed by atoms with van der Waals surface area (Å²) in [6.07, 6.45) is 4.19. The second-order valence-corrected chi connectivity index (χ2v) is 4.29. The first-order valence-electron chi connectivity index (χ1n) is 5.59. The number of H-pyrrole nitrogens is 1. The van der Waals surface area contributed by atoms with Gasteiger partial charge in [-0.15, -0.1) is 0 Å². The summed E-state index contributed by atoms with van der Waals surface area (Å²) in [6.45, 7) is 2.09. The maximum absolute atomic E-state index is 5.68. The van der Waals surface area contributed by atoms with E-state index in [2.05, 4.69) is 40.8 Å². The first-order valence-corrected chi connectivity index (χ1v) is 5.59. The van der Waals surface area contributed by atoms with E-state index < -0.39 is 0 Å². The zero-order chi connectivity index (χ0) is 11.8. The van der Waals surface area contributed by atoms with Crippen molar-refractivity contribution in [2.24, 2.45) is 0 Å². The fourth-order valence-corrected chi connectivity index (χ4v) is 1.96. The molecule has 3 heteroatoms. The van der Waals surface area contributed by atoms with Crippen molar-refractivity contribution in [3.8, 4) is 11.3 Å². The summed E-state index contributed by atoms with van der Waals surface area (Å²) in [4.78, 5) is 3.38. The minimum Gasteiger partial charge on any atom is -0.399 e. The van der Waals surface area contributed by atoms with Gasteiger partial charge in [0.05, 0.1) is 6.20 Å². The molecule has 2 heterocycles. The van der Waals surface area contributed by atoms with Crippen molar-refractivity contribution in [2.75, 3.05) is 5.73 Å². The van der Waals surface area contributed by atoms with E-state index in [-0.39, 0.29) is 0 Å². The molecule has 0 aliphatic rings. The van der Waals surface area contributed by atoms with Crippen molar-refractivity contribution in [3.05, 3.63) is 54.4 Å². The summed E-state index contributed by atoms with van der Waals surface area (Å²) in [5.41, 5.74) is 11.0. The van der Waals surface area contributed by atoms with Gasteiger partial charge in [-0.3, -0.25) is 0 Å². The largest absolute Gasteiger partial charge is 0.399 e. The second-order valence-electron chi connectivity index (χ2n) is 4.29. The maximum Gasteiger partial charge on any atom is 0.284 e. The lowest BCUT2D eigenvalue weighted by Gasteiger charge is -1.94. The predicted octanol–water partition coefficient (Wildman–Crippen LogP) is 2.31. The van der Waals surface area contributed by atoms with Crippen molar-refractivity contribution in [1.29, 1.82) is 0 Å². The number of hydrogen-bond donors (Lipinski definition) is 2. The monoisotopic (exact) mass is 224 g/mol. The van der Waals surface area contributed by atoms with Crippen LogP contribution in [0.3, 0.4) is 0 Å². The number of hydrogen-bond acceptors (Lipinski definition) is 1. The van der Waals surface area contributed by atoms with Gasteiger partial charge in [-0.05, 0) is 42.8 Å². The third-order valence-corrected chi connectivity index (χ3v) is 2.88. The molecule has 0 saturated heterocycles. The summed E-state index contributed by atoms with van der Waals surface area (Å²) in [6, 6.07) is 12.0. The van der Waals surface area contributed by atoms with Crippen LogP contribution in [0.4, 0.5) is 5.69 Å². The van der Waals surface area contributed by atoms with E-state index >= 15 is 0 Å². The predicted molar refractivity (Wildman–Crippen MR) is 68.5 cm³/mol. The van der Waals surface area contributed by atoms with Crippen LogP contribution in [0.1, 0.15) is 5.56 Å². The van der Waals surface area contributed by atoms with Gasteiger partial charge in [0.2, 0.25) is 0 Å². The first kappa shape index (κ1) is 9.90. The number of imidazole rings is 1. The van der Waals surface area contributed by atoms with Gasteiger partial charge in [-0.25, -0.2) is 9.38 Å². The summed E-state index contributed by atoms with van der Waals surface area (Å²) < 4.78 is 2.10. The molecule has 3 nitrogen and oxygen atoms in total. The highest BCUT2D eigenvalue weighted by Gasteiger charge is 2.10. The Balaban J connectivity index is 2.14. The number of aryl methyl sites for hydroxylation is 1. The molecule has 0 radical (unpaired) electrons. The van der Waals surface area contributed by atoms with Crippen LogP contribution >= 0.6 is 0 Å². The average molecular weight is 224 g/mol. The molecule has 0 aliphatic heterocycles. The molecule has 0 bridgehead atoms. The number of aromatic nitrogens is 2. The molecule has 0 spiro atoms. The number of aromatic amines is 1. The van der Waals surface area contributed by atoms with Crippen LogP contribution in [-0.4, -0.2) is 4.98 Å². The van der Waals surface area contributed by atoms with E-state index in [9.17, 15) is 0 Å². The standard InChI is InChI=1S/C14H13N3/c1-10-2-7-14-16-13(9-17(14)8-10)11-3-5-12(15)6-4-11/h2-9H,15H2,1H3/p+1. The Morgan fingerprint density at radius 1 is 1.00 bits per heavy atom. The van der Waals surface area contributed by atoms with Gasteiger partial charge in [0.1, 0.15) is 6.20 Å². The number of pyridine rings is 1. The third kappa shape index (κ3) is 1.76. The minimum atomic E-state index is 0.786. The molecule has 3 aromatic rings. The molecule has 2 aromatic heterocycles. The minimum absolute atomic E-state index is 0.786. The molecular weight excluding hydrogens is 210 g/mol. The van der Waals surface area contributed by atoms with E-state index in [0.29, 0.717) is 0 Å². The lowest BCUT2D eigenvalue weighted by Crippen LogP contribution is -2.17. The smallest absolute Gasteiger partial charge is 0.284 e. The molecule has 3 rings (SSSR count). The van der Waals surface area contributed by atoms with Crippen LogP contribution in [0, 0.1) is 6.92 Å². The van der Waals surface area contributed by atoms with Crippen LogP contribution in [0.25, 0.3) is 16.9 Å². The normalized spacial score (nSPS) is 10.9. The number of nitrogens with zero attached hydrogens (tertiary/aromatic N) is 1. The lowest BCUT2D eigenvalue weighted by molar-refractivity contribution is -0.510. The number of nitrogen functional groups attached to an aromatic ring is 1. The van der Waals surface area contributed by atoms with Crippen LogP contribution < -0.4 is 10.1 Å². The fraction of sp³-hybridized carbons (Fsp3) is 0.0714. The van der Waals surface area contributed by atoms with Crippen molar-refractivity contribution >= 4 is 11.3 Å². The number of nitrogens with two attached hydrogens (primary N) is 1. The van der Waals surface area contributed by atoms with E-state index in [0.717, 1.165) is 22.6 Å². The van der Waals surface area contributed by atoms with Gasteiger partial charge >= 0.3 is 0 Å². The van der Waals surface area contributed by atoms with Crippen molar-refractivity contribution in [1.82, 2.24) is 4.98 Å².